The number of hydrogen-bond acceptors (Lipinski definition) is 2. The summed E-state index contributed by atoms with van der Waals surface area (Å²) >= 11 is 0. The first-order valence-corrected chi connectivity index (χ1v) is 5.64. The standard InChI is InChI=1S/C15H16O2/c1-11(16)7-9-14-13-6-4-3-5-12(13)8-10-15(14)17-2/h3-11,16H,1-2H3/b9-7+. The lowest BCUT2D eigenvalue weighted by atomic mass is 10.0. The van der Waals surface area contributed by atoms with Crippen LogP contribution in [0.4, 0.5) is 0 Å². The molecule has 0 aliphatic rings. The zero-order chi connectivity index (χ0) is 12.3. The van der Waals surface area contributed by atoms with E-state index in [1.807, 2.05) is 30.3 Å². The molecular weight excluding hydrogens is 212 g/mol. The number of aliphatic hydroxyl groups is 1. The number of ether oxygens (including phenoxy) is 1. The van der Waals surface area contributed by atoms with Gasteiger partial charge in [-0.2, -0.15) is 0 Å². The lowest BCUT2D eigenvalue weighted by Crippen LogP contribution is -1.93. The van der Waals surface area contributed by atoms with Gasteiger partial charge < -0.3 is 9.84 Å². The van der Waals surface area contributed by atoms with Crippen molar-refractivity contribution in [3.63, 3.8) is 0 Å². The Hall–Kier alpha value is -1.80. The third kappa shape index (κ3) is 2.48. The lowest BCUT2D eigenvalue weighted by molar-refractivity contribution is 0.245. The Balaban J connectivity index is 2.63. The number of aliphatic hydroxyl groups excluding tert-OH is 1. The summed E-state index contributed by atoms with van der Waals surface area (Å²) in [7, 11) is 1.66. The molecule has 2 aromatic carbocycles. The number of hydrogen-bond donors (Lipinski definition) is 1. The van der Waals surface area contributed by atoms with Crippen molar-refractivity contribution in [1.82, 2.24) is 0 Å². The van der Waals surface area contributed by atoms with Crippen LogP contribution in [-0.2, 0) is 0 Å². The Kier molecular flexibility index (Phi) is 3.45. The first-order chi connectivity index (χ1) is 8.22. The maximum Gasteiger partial charge on any atom is 0.126 e. The highest BCUT2D eigenvalue weighted by Gasteiger charge is 2.04. The zero-order valence-electron chi connectivity index (χ0n) is 10.1. The Labute approximate surface area is 101 Å². The van der Waals surface area contributed by atoms with Crippen LogP contribution in [0.5, 0.6) is 5.75 Å². The largest absolute Gasteiger partial charge is 0.496 e. The summed E-state index contributed by atoms with van der Waals surface area (Å²) in [6.07, 6.45) is 3.20. The average molecular weight is 228 g/mol. The minimum atomic E-state index is -0.460. The minimum absolute atomic E-state index is 0.460. The summed E-state index contributed by atoms with van der Waals surface area (Å²) in [6, 6.07) is 12.1. The second-order valence-corrected chi connectivity index (χ2v) is 4.00. The van der Waals surface area contributed by atoms with E-state index in [2.05, 4.69) is 12.1 Å². The fourth-order valence-electron chi connectivity index (χ4n) is 1.86. The van der Waals surface area contributed by atoms with E-state index >= 15 is 0 Å². The predicted octanol–water partition coefficient (Wildman–Crippen LogP) is 3.24. The van der Waals surface area contributed by atoms with Crippen molar-refractivity contribution in [3.8, 4) is 5.75 Å². The molecule has 0 aromatic heterocycles. The van der Waals surface area contributed by atoms with Crippen molar-refractivity contribution in [1.29, 1.82) is 0 Å². The highest BCUT2D eigenvalue weighted by atomic mass is 16.5. The first-order valence-electron chi connectivity index (χ1n) is 5.64. The van der Waals surface area contributed by atoms with Crippen molar-refractivity contribution in [2.75, 3.05) is 7.11 Å². The zero-order valence-corrected chi connectivity index (χ0v) is 10.1. The van der Waals surface area contributed by atoms with Crippen LogP contribution >= 0.6 is 0 Å². The van der Waals surface area contributed by atoms with Crippen LogP contribution < -0.4 is 4.74 Å². The highest BCUT2D eigenvalue weighted by Crippen LogP contribution is 2.29. The van der Waals surface area contributed by atoms with E-state index in [1.165, 1.54) is 5.39 Å². The van der Waals surface area contributed by atoms with Crippen LogP contribution in [0, 0.1) is 0 Å². The summed E-state index contributed by atoms with van der Waals surface area (Å²) in [4.78, 5) is 0. The van der Waals surface area contributed by atoms with Gasteiger partial charge in [0.15, 0.2) is 0 Å². The van der Waals surface area contributed by atoms with Gasteiger partial charge >= 0.3 is 0 Å². The predicted molar refractivity (Wildman–Crippen MR) is 71.2 cm³/mol. The van der Waals surface area contributed by atoms with Gasteiger partial charge in [-0.05, 0) is 23.8 Å². The fraction of sp³-hybridized carbons (Fsp3) is 0.200. The molecule has 1 atom stereocenters. The van der Waals surface area contributed by atoms with Gasteiger partial charge in [-0.1, -0.05) is 42.5 Å². The van der Waals surface area contributed by atoms with Gasteiger partial charge in [-0.15, -0.1) is 0 Å². The molecule has 2 heteroatoms. The molecule has 0 aliphatic heterocycles. The number of fused-ring (bicyclic) bond motifs is 1. The minimum Gasteiger partial charge on any atom is -0.496 e. The smallest absolute Gasteiger partial charge is 0.126 e. The fourth-order valence-corrected chi connectivity index (χ4v) is 1.86. The van der Waals surface area contributed by atoms with E-state index in [1.54, 1.807) is 20.1 Å². The van der Waals surface area contributed by atoms with Gasteiger partial charge in [0, 0.05) is 5.56 Å². The molecule has 17 heavy (non-hydrogen) atoms. The van der Waals surface area contributed by atoms with Crippen molar-refractivity contribution in [3.05, 3.63) is 48.0 Å². The molecule has 0 heterocycles. The molecule has 0 fully saturated rings. The Bertz CT molecular complexity index is 542. The quantitative estimate of drug-likeness (QED) is 0.873. The van der Waals surface area contributed by atoms with Crippen molar-refractivity contribution < 1.29 is 9.84 Å². The monoisotopic (exact) mass is 228 g/mol. The molecule has 2 nitrogen and oxygen atoms in total. The molecule has 0 bridgehead atoms. The number of methoxy groups -OCH3 is 1. The van der Waals surface area contributed by atoms with Crippen molar-refractivity contribution in [2.45, 2.75) is 13.0 Å². The van der Waals surface area contributed by atoms with Crippen LogP contribution in [0.25, 0.3) is 16.8 Å². The third-order valence-corrected chi connectivity index (χ3v) is 2.69. The molecule has 88 valence electrons. The summed E-state index contributed by atoms with van der Waals surface area (Å²) < 4.78 is 5.35. The van der Waals surface area contributed by atoms with Gasteiger partial charge in [0.2, 0.25) is 0 Å². The molecule has 2 rings (SSSR count). The summed E-state index contributed by atoms with van der Waals surface area (Å²) in [6.45, 7) is 1.73. The molecule has 0 radical (unpaired) electrons. The van der Waals surface area contributed by atoms with Gasteiger partial charge in [-0.3, -0.25) is 0 Å². The molecular formula is C15H16O2. The second kappa shape index (κ2) is 5.02. The second-order valence-electron chi connectivity index (χ2n) is 4.00. The van der Waals surface area contributed by atoms with Crippen molar-refractivity contribution in [2.24, 2.45) is 0 Å². The number of benzene rings is 2. The molecule has 0 aliphatic carbocycles. The lowest BCUT2D eigenvalue weighted by Gasteiger charge is -2.09. The van der Waals surface area contributed by atoms with Crippen LogP contribution in [0.15, 0.2) is 42.5 Å². The molecule has 1 N–H and O–H groups in total. The maximum absolute atomic E-state index is 9.32. The van der Waals surface area contributed by atoms with Crippen LogP contribution in [0.2, 0.25) is 0 Å². The van der Waals surface area contributed by atoms with E-state index in [4.69, 9.17) is 4.74 Å². The highest BCUT2D eigenvalue weighted by molar-refractivity contribution is 5.93. The van der Waals surface area contributed by atoms with Gasteiger partial charge in [0.25, 0.3) is 0 Å². The molecule has 2 aromatic rings. The Morgan fingerprint density at radius 2 is 1.94 bits per heavy atom. The van der Waals surface area contributed by atoms with Crippen molar-refractivity contribution >= 4 is 16.8 Å². The molecule has 0 saturated carbocycles. The number of rotatable bonds is 3. The van der Waals surface area contributed by atoms with E-state index in [0.29, 0.717) is 0 Å². The van der Waals surface area contributed by atoms with Gasteiger partial charge in [0.1, 0.15) is 5.75 Å². The Morgan fingerprint density at radius 3 is 2.65 bits per heavy atom. The normalized spacial score (nSPS) is 13.1. The summed E-state index contributed by atoms with van der Waals surface area (Å²) in [5.41, 5.74) is 1.01. The Morgan fingerprint density at radius 1 is 1.18 bits per heavy atom. The topological polar surface area (TPSA) is 29.5 Å². The molecule has 0 amide bonds. The summed E-state index contributed by atoms with van der Waals surface area (Å²) in [5, 5.41) is 11.6. The maximum atomic E-state index is 9.32. The summed E-state index contributed by atoms with van der Waals surface area (Å²) in [5.74, 6) is 0.820. The van der Waals surface area contributed by atoms with E-state index < -0.39 is 6.10 Å². The molecule has 0 spiro atoms. The average Bonchev–Trinajstić information content (AvgIpc) is 2.35. The van der Waals surface area contributed by atoms with Crippen LogP contribution in [0.3, 0.4) is 0 Å². The van der Waals surface area contributed by atoms with E-state index in [0.717, 1.165) is 16.7 Å². The van der Waals surface area contributed by atoms with E-state index in [9.17, 15) is 5.11 Å². The SMILES string of the molecule is COc1ccc2ccccc2c1/C=C/C(C)O. The molecule has 1 unspecified atom stereocenters. The third-order valence-electron chi connectivity index (χ3n) is 2.69. The first kappa shape index (κ1) is 11.7. The van der Waals surface area contributed by atoms with Gasteiger partial charge in [-0.25, -0.2) is 0 Å². The van der Waals surface area contributed by atoms with Gasteiger partial charge in [0.05, 0.1) is 13.2 Å². The van der Waals surface area contributed by atoms with Crippen LogP contribution in [0.1, 0.15) is 12.5 Å². The molecule has 0 saturated heterocycles. The van der Waals surface area contributed by atoms with E-state index in [-0.39, 0.29) is 0 Å². The van der Waals surface area contributed by atoms with Crippen LogP contribution in [-0.4, -0.2) is 18.3 Å².